The highest BCUT2D eigenvalue weighted by Crippen LogP contribution is 2.18. The Hall–Kier alpha value is -0.800. The van der Waals surface area contributed by atoms with E-state index in [0.29, 0.717) is 6.54 Å². The molecule has 0 bridgehead atoms. The van der Waals surface area contributed by atoms with E-state index >= 15 is 0 Å². The third kappa shape index (κ3) is 2.09. The van der Waals surface area contributed by atoms with Gasteiger partial charge in [-0.3, -0.25) is 0 Å². The molecule has 0 aromatic rings. The van der Waals surface area contributed by atoms with Gasteiger partial charge in [-0.2, -0.15) is 0 Å². The standard InChI is InChI=1S/C9H15NO2/c1-11-8-3-7(6-10)4-9(5-8)12-2/h3,5,9H,4,6,10H2,1-2H3. The van der Waals surface area contributed by atoms with Crippen LogP contribution in [0.15, 0.2) is 23.5 Å². The van der Waals surface area contributed by atoms with Crippen molar-refractivity contribution in [2.75, 3.05) is 20.8 Å². The van der Waals surface area contributed by atoms with Gasteiger partial charge in [-0.05, 0) is 18.6 Å². The first-order valence-corrected chi connectivity index (χ1v) is 3.98. The van der Waals surface area contributed by atoms with E-state index < -0.39 is 0 Å². The molecule has 0 saturated carbocycles. The number of allylic oxidation sites excluding steroid dienone is 1. The Morgan fingerprint density at radius 3 is 2.83 bits per heavy atom. The Kier molecular flexibility index (Phi) is 3.31. The molecule has 0 saturated heterocycles. The first-order chi connectivity index (χ1) is 5.80. The second kappa shape index (κ2) is 4.28. The van der Waals surface area contributed by atoms with Crippen molar-refractivity contribution in [2.24, 2.45) is 5.73 Å². The molecule has 0 amide bonds. The van der Waals surface area contributed by atoms with Crippen molar-refractivity contribution < 1.29 is 9.47 Å². The molecule has 12 heavy (non-hydrogen) atoms. The summed E-state index contributed by atoms with van der Waals surface area (Å²) < 4.78 is 10.3. The molecule has 0 aliphatic heterocycles. The van der Waals surface area contributed by atoms with E-state index in [0.717, 1.165) is 12.2 Å². The highest BCUT2D eigenvalue weighted by atomic mass is 16.5. The molecule has 0 heterocycles. The molecule has 1 aliphatic rings. The van der Waals surface area contributed by atoms with Crippen molar-refractivity contribution >= 4 is 0 Å². The van der Waals surface area contributed by atoms with Gasteiger partial charge >= 0.3 is 0 Å². The Morgan fingerprint density at radius 2 is 2.33 bits per heavy atom. The van der Waals surface area contributed by atoms with Gasteiger partial charge in [0.05, 0.1) is 13.2 Å². The lowest BCUT2D eigenvalue weighted by molar-refractivity contribution is 0.133. The van der Waals surface area contributed by atoms with Crippen LogP contribution in [0.5, 0.6) is 0 Å². The van der Waals surface area contributed by atoms with Gasteiger partial charge in [-0.1, -0.05) is 5.57 Å². The van der Waals surface area contributed by atoms with Crippen LogP contribution >= 0.6 is 0 Å². The van der Waals surface area contributed by atoms with Crippen LogP contribution in [0.4, 0.5) is 0 Å². The van der Waals surface area contributed by atoms with Crippen molar-refractivity contribution in [2.45, 2.75) is 12.5 Å². The Morgan fingerprint density at radius 1 is 1.58 bits per heavy atom. The molecule has 1 unspecified atom stereocenters. The molecule has 1 aliphatic carbocycles. The molecule has 3 nitrogen and oxygen atoms in total. The molecular weight excluding hydrogens is 154 g/mol. The van der Waals surface area contributed by atoms with Crippen molar-refractivity contribution in [3.63, 3.8) is 0 Å². The lowest BCUT2D eigenvalue weighted by Crippen LogP contribution is -2.17. The van der Waals surface area contributed by atoms with E-state index in [1.54, 1.807) is 14.2 Å². The van der Waals surface area contributed by atoms with Crippen LogP contribution in [-0.2, 0) is 9.47 Å². The maximum atomic E-state index is 5.53. The predicted octanol–water partition coefficient (Wildman–Crippen LogP) is 0.821. The summed E-state index contributed by atoms with van der Waals surface area (Å²) in [7, 11) is 3.34. The Balaban J connectivity index is 2.70. The molecule has 0 spiro atoms. The SMILES string of the molecule is COC1=CC(OC)CC(CN)=C1. The predicted molar refractivity (Wildman–Crippen MR) is 47.6 cm³/mol. The molecule has 0 fully saturated rings. The van der Waals surface area contributed by atoms with Gasteiger partial charge in [0.1, 0.15) is 5.76 Å². The van der Waals surface area contributed by atoms with Crippen molar-refractivity contribution in [1.29, 1.82) is 0 Å². The molecular formula is C9H15NO2. The second-order valence-electron chi connectivity index (χ2n) is 2.76. The number of rotatable bonds is 3. The molecule has 0 radical (unpaired) electrons. The van der Waals surface area contributed by atoms with Gasteiger partial charge in [0.2, 0.25) is 0 Å². The summed E-state index contributed by atoms with van der Waals surface area (Å²) in [5.41, 5.74) is 6.70. The number of methoxy groups -OCH3 is 2. The summed E-state index contributed by atoms with van der Waals surface area (Å²) in [6.07, 6.45) is 4.91. The van der Waals surface area contributed by atoms with E-state index in [1.807, 2.05) is 12.2 Å². The summed E-state index contributed by atoms with van der Waals surface area (Å²) in [6.45, 7) is 0.570. The quantitative estimate of drug-likeness (QED) is 0.680. The highest BCUT2D eigenvalue weighted by molar-refractivity contribution is 5.26. The second-order valence-corrected chi connectivity index (χ2v) is 2.76. The first-order valence-electron chi connectivity index (χ1n) is 3.98. The summed E-state index contributed by atoms with van der Waals surface area (Å²) in [6, 6.07) is 0. The molecule has 1 rings (SSSR count). The minimum absolute atomic E-state index is 0.114. The lowest BCUT2D eigenvalue weighted by atomic mass is 10.0. The molecule has 1 atom stereocenters. The smallest absolute Gasteiger partial charge is 0.117 e. The van der Waals surface area contributed by atoms with Crippen LogP contribution in [0.2, 0.25) is 0 Å². The fourth-order valence-corrected chi connectivity index (χ4v) is 1.23. The van der Waals surface area contributed by atoms with Crippen LogP contribution in [-0.4, -0.2) is 26.9 Å². The summed E-state index contributed by atoms with van der Waals surface area (Å²) in [5, 5.41) is 0. The van der Waals surface area contributed by atoms with Gasteiger partial charge in [-0.25, -0.2) is 0 Å². The third-order valence-electron chi connectivity index (χ3n) is 1.96. The largest absolute Gasteiger partial charge is 0.497 e. The van der Waals surface area contributed by atoms with Gasteiger partial charge in [0, 0.05) is 13.7 Å². The van der Waals surface area contributed by atoms with Crippen LogP contribution in [0.1, 0.15) is 6.42 Å². The molecule has 0 aromatic heterocycles. The zero-order valence-corrected chi connectivity index (χ0v) is 7.54. The maximum absolute atomic E-state index is 5.53. The summed E-state index contributed by atoms with van der Waals surface area (Å²) in [4.78, 5) is 0. The number of nitrogens with two attached hydrogens (primary N) is 1. The van der Waals surface area contributed by atoms with Gasteiger partial charge in [0.25, 0.3) is 0 Å². The van der Waals surface area contributed by atoms with Crippen molar-refractivity contribution in [1.82, 2.24) is 0 Å². The molecule has 3 heteroatoms. The Labute approximate surface area is 72.8 Å². The minimum atomic E-state index is 0.114. The number of ether oxygens (including phenoxy) is 2. The minimum Gasteiger partial charge on any atom is -0.497 e. The van der Waals surface area contributed by atoms with Crippen LogP contribution in [0.3, 0.4) is 0 Å². The highest BCUT2D eigenvalue weighted by Gasteiger charge is 2.13. The van der Waals surface area contributed by atoms with E-state index in [2.05, 4.69) is 0 Å². The normalized spacial score (nSPS) is 23.1. The van der Waals surface area contributed by atoms with E-state index in [9.17, 15) is 0 Å². The van der Waals surface area contributed by atoms with Crippen LogP contribution < -0.4 is 5.73 Å². The van der Waals surface area contributed by atoms with Crippen molar-refractivity contribution in [3.05, 3.63) is 23.5 Å². The van der Waals surface area contributed by atoms with Gasteiger partial charge < -0.3 is 15.2 Å². The fraction of sp³-hybridized carbons (Fsp3) is 0.556. The summed E-state index contributed by atoms with van der Waals surface area (Å²) >= 11 is 0. The van der Waals surface area contributed by atoms with E-state index in [-0.39, 0.29) is 6.10 Å². The number of hydrogen-bond acceptors (Lipinski definition) is 3. The fourth-order valence-electron chi connectivity index (χ4n) is 1.23. The lowest BCUT2D eigenvalue weighted by Gasteiger charge is -2.18. The zero-order valence-electron chi connectivity index (χ0n) is 7.54. The molecule has 0 aromatic carbocycles. The van der Waals surface area contributed by atoms with Gasteiger partial charge in [-0.15, -0.1) is 0 Å². The first kappa shape index (κ1) is 9.29. The van der Waals surface area contributed by atoms with Crippen LogP contribution in [0.25, 0.3) is 0 Å². The van der Waals surface area contributed by atoms with Crippen molar-refractivity contribution in [3.8, 4) is 0 Å². The maximum Gasteiger partial charge on any atom is 0.117 e. The monoisotopic (exact) mass is 169 g/mol. The van der Waals surface area contributed by atoms with E-state index in [4.69, 9.17) is 15.2 Å². The molecule has 68 valence electrons. The zero-order chi connectivity index (χ0) is 8.97. The van der Waals surface area contributed by atoms with E-state index in [1.165, 1.54) is 5.57 Å². The Bertz CT molecular complexity index is 209. The topological polar surface area (TPSA) is 44.5 Å². The average Bonchev–Trinajstić information content (AvgIpc) is 2.16. The van der Waals surface area contributed by atoms with Crippen LogP contribution in [0, 0.1) is 0 Å². The third-order valence-corrected chi connectivity index (χ3v) is 1.96. The van der Waals surface area contributed by atoms with Gasteiger partial charge in [0.15, 0.2) is 0 Å². The summed E-state index contributed by atoms with van der Waals surface area (Å²) in [5.74, 6) is 0.841. The number of hydrogen-bond donors (Lipinski definition) is 1. The average molecular weight is 169 g/mol. The molecule has 2 N–H and O–H groups in total.